The van der Waals surface area contributed by atoms with Crippen LogP contribution in [0.5, 0.6) is 5.75 Å². The molecule has 2 rings (SSSR count). The molecular formula is C14H16Cl2O7. The summed E-state index contributed by atoms with van der Waals surface area (Å²) in [5.74, 6) is -0.854. The quantitative estimate of drug-likeness (QED) is 0.682. The van der Waals surface area contributed by atoms with Gasteiger partial charge in [0.15, 0.2) is 18.1 Å². The Labute approximate surface area is 142 Å². The Hall–Kier alpha value is -1.09. The Morgan fingerprint density at radius 3 is 2.61 bits per heavy atom. The fourth-order valence-corrected chi connectivity index (χ4v) is 2.79. The predicted molar refractivity (Wildman–Crippen MR) is 80.8 cm³/mol. The van der Waals surface area contributed by atoms with Crippen molar-refractivity contribution in [3.8, 4) is 5.75 Å². The molecule has 0 bridgehead atoms. The molecule has 0 aliphatic carbocycles. The maximum atomic E-state index is 12.4. The fraction of sp³-hybridized carbons (Fsp3) is 0.500. The molecule has 2 unspecified atom stereocenters. The number of methoxy groups -OCH3 is 1. The van der Waals surface area contributed by atoms with Crippen LogP contribution in [0.3, 0.4) is 0 Å². The minimum Gasteiger partial charge on any atom is -0.494 e. The average Bonchev–Trinajstić information content (AvgIpc) is 2.51. The zero-order chi connectivity index (χ0) is 17.1. The lowest BCUT2D eigenvalue weighted by molar-refractivity contribution is -0.239. The van der Waals surface area contributed by atoms with E-state index in [9.17, 15) is 20.1 Å². The number of aliphatic hydroxyl groups excluding tert-OH is 3. The molecule has 9 heteroatoms. The largest absolute Gasteiger partial charge is 0.494 e. The van der Waals surface area contributed by atoms with Gasteiger partial charge < -0.3 is 29.5 Å². The molecule has 1 aliphatic rings. The summed E-state index contributed by atoms with van der Waals surface area (Å²) in [5, 5.41) is 28.9. The van der Waals surface area contributed by atoms with Gasteiger partial charge in [0.25, 0.3) is 0 Å². The maximum absolute atomic E-state index is 12.4. The Kier molecular flexibility index (Phi) is 6.07. The molecule has 0 radical (unpaired) electrons. The molecule has 1 saturated heterocycles. The topological polar surface area (TPSA) is 105 Å². The third-order valence-electron chi connectivity index (χ3n) is 3.41. The molecule has 128 valence electrons. The molecule has 1 aromatic rings. The highest BCUT2D eigenvalue weighted by atomic mass is 35.5. The van der Waals surface area contributed by atoms with Crippen LogP contribution in [0, 0.1) is 0 Å². The second-order valence-electron chi connectivity index (χ2n) is 4.92. The summed E-state index contributed by atoms with van der Waals surface area (Å²) in [6.07, 6.45) is -4.85. The number of hydrogen-bond donors (Lipinski definition) is 3. The SMILES string of the molecule is COc1c(Cl)ccc(Cl)c1C(=O)O[C@H]1C(O)C[C@@H](O)OC1CO. The summed E-state index contributed by atoms with van der Waals surface area (Å²) in [6.45, 7) is -0.549. The van der Waals surface area contributed by atoms with E-state index in [-0.39, 0.29) is 27.8 Å². The monoisotopic (exact) mass is 366 g/mol. The molecule has 0 saturated carbocycles. The first-order chi connectivity index (χ1) is 10.9. The Balaban J connectivity index is 2.26. The second-order valence-corrected chi connectivity index (χ2v) is 5.74. The molecule has 7 nitrogen and oxygen atoms in total. The molecule has 23 heavy (non-hydrogen) atoms. The van der Waals surface area contributed by atoms with Crippen LogP contribution >= 0.6 is 23.2 Å². The van der Waals surface area contributed by atoms with Gasteiger partial charge in [-0.05, 0) is 12.1 Å². The van der Waals surface area contributed by atoms with E-state index in [1.807, 2.05) is 0 Å². The predicted octanol–water partition coefficient (Wildman–Crippen LogP) is 0.988. The number of ether oxygens (including phenoxy) is 3. The number of benzene rings is 1. The van der Waals surface area contributed by atoms with Crippen molar-refractivity contribution in [3.05, 3.63) is 27.7 Å². The summed E-state index contributed by atoms with van der Waals surface area (Å²) >= 11 is 12.0. The van der Waals surface area contributed by atoms with E-state index >= 15 is 0 Å². The molecule has 0 spiro atoms. The smallest absolute Gasteiger partial charge is 0.343 e. The lowest BCUT2D eigenvalue weighted by atomic mass is 10.0. The molecule has 0 amide bonds. The summed E-state index contributed by atoms with van der Waals surface area (Å²) < 4.78 is 15.3. The number of esters is 1. The molecule has 4 atom stereocenters. The zero-order valence-corrected chi connectivity index (χ0v) is 13.6. The second kappa shape index (κ2) is 7.65. The highest BCUT2D eigenvalue weighted by molar-refractivity contribution is 6.37. The molecular weight excluding hydrogens is 351 g/mol. The van der Waals surface area contributed by atoms with Crippen LogP contribution in [0.2, 0.25) is 10.0 Å². The van der Waals surface area contributed by atoms with Crippen molar-refractivity contribution in [1.29, 1.82) is 0 Å². The number of carbonyl (C=O) groups is 1. The van der Waals surface area contributed by atoms with Gasteiger partial charge in [-0.1, -0.05) is 23.2 Å². The number of aliphatic hydroxyl groups is 3. The van der Waals surface area contributed by atoms with Gasteiger partial charge >= 0.3 is 5.97 Å². The highest BCUT2D eigenvalue weighted by Crippen LogP contribution is 2.35. The molecule has 3 N–H and O–H groups in total. The third-order valence-corrected chi connectivity index (χ3v) is 4.02. The number of carbonyl (C=O) groups excluding carboxylic acids is 1. The highest BCUT2D eigenvalue weighted by Gasteiger charge is 2.40. The van der Waals surface area contributed by atoms with Crippen molar-refractivity contribution in [3.63, 3.8) is 0 Å². The summed E-state index contributed by atoms with van der Waals surface area (Å²) in [7, 11) is 1.32. The minimum absolute atomic E-state index is 0.0379. The van der Waals surface area contributed by atoms with Gasteiger partial charge in [0, 0.05) is 6.42 Å². The summed E-state index contributed by atoms with van der Waals surface area (Å²) in [6, 6.07) is 2.87. The standard InChI is InChI=1S/C14H16Cl2O7/c1-21-12-7(16)3-2-6(15)11(12)14(20)23-13-8(18)4-10(19)22-9(13)5-17/h2-3,8-10,13,17-19H,4-5H2,1H3/t8?,9?,10-,13-/m0/s1. The first kappa shape index (κ1) is 18.3. The van der Waals surface area contributed by atoms with Crippen molar-refractivity contribution in [2.75, 3.05) is 13.7 Å². The zero-order valence-electron chi connectivity index (χ0n) is 12.1. The van der Waals surface area contributed by atoms with E-state index in [1.165, 1.54) is 19.2 Å². The lowest BCUT2D eigenvalue weighted by Crippen LogP contribution is -2.52. The first-order valence-corrected chi connectivity index (χ1v) is 7.50. The Morgan fingerprint density at radius 1 is 1.35 bits per heavy atom. The summed E-state index contributed by atoms with van der Waals surface area (Å²) in [5.41, 5.74) is -0.100. The van der Waals surface area contributed by atoms with Gasteiger partial charge in [-0.2, -0.15) is 0 Å². The van der Waals surface area contributed by atoms with Gasteiger partial charge in [0.2, 0.25) is 0 Å². The van der Waals surface area contributed by atoms with Crippen LogP contribution in [0.1, 0.15) is 16.8 Å². The van der Waals surface area contributed by atoms with Crippen molar-refractivity contribution < 1.29 is 34.3 Å². The van der Waals surface area contributed by atoms with Crippen LogP contribution in [0.15, 0.2) is 12.1 Å². The normalized spacial score (nSPS) is 27.6. The van der Waals surface area contributed by atoms with Crippen molar-refractivity contribution in [1.82, 2.24) is 0 Å². The van der Waals surface area contributed by atoms with E-state index < -0.39 is 37.2 Å². The molecule has 1 aliphatic heterocycles. The first-order valence-electron chi connectivity index (χ1n) is 6.74. The van der Waals surface area contributed by atoms with E-state index in [1.54, 1.807) is 0 Å². The summed E-state index contributed by atoms with van der Waals surface area (Å²) in [4.78, 5) is 12.4. The van der Waals surface area contributed by atoms with Gasteiger partial charge in [0.1, 0.15) is 11.7 Å². The van der Waals surface area contributed by atoms with E-state index in [0.29, 0.717) is 0 Å². The minimum atomic E-state index is -1.25. The molecule has 1 heterocycles. The molecule has 1 aromatic carbocycles. The average molecular weight is 367 g/mol. The van der Waals surface area contributed by atoms with E-state index in [2.05, 4.69) is 0 Å². The van der Waals surface area contributed by atoms with Crippen molar-refractivity contribution in [2.45, 2.75) is 31.0 Å². The molecule has 1 fully saturated rings. The van der Waals surface area contributed by atoms with Crippen LogP contribution in [-0.2, 0) is 9.47 Å². The van der Waals surface area contributed by atoms with Crippen molar-refractivity contribution >= 4 is 29.2 Å². The Morgan fingerprint density at radius 2 is 2.00 bits per heavy atom. The van der Waals surface area contributed by atoms with Crippen LogP contribution in [0.25, 0.3) is 0 Å². The van der Waals surface area contributed by atoms with Crippen LogP contribution in [-0.4, -0.2) is 59.6 Å². The number of rotatable bonds is 4. The lowest BCUT2D eigenvalue weighted by Gasteiger charge is -2.36. The van der Waals surface area contributed by atoms with Gasteiger partial charge in [-0.25, -0.2) is 4.79 Å². The van der Waals surface area contributed by atoms with Crippen molar-refractivity contribution in [2.24, 2.45) is 0 Å². The third kappa shape index (κ3) is 3.88. The van der Waals surface area contributed by atoms with Gasteiger partial charge in [-0.15, -0.1) is 0 Å². The maximum Gasteiger partial charge on any atom is 0.343 e. The number of halogens is 2. The van der Waals surface area contributed by atoms with E-state index in [4.69, 9.17) is 37.4 Å². The fourth-order valence-electron chi connectivity index (χ4n) is 2.33. The van der Waals surface area contributed by atoms with Gasteiger partial charge in [0.05, 0.1) is 29.9 Å². The Bertz CT molecular complexity index is 580. The van der Waals surface area contributed by atoms with Gasteiger partial charge in [-0.3, -0.25) is 0 Å². The van der Waals surface area contributed by atoms with Crippen LogP contribution in [0.4, 0.5) is 0 Å². The van der Waals surface area contributed by atoms with E-state index in [0.717, 1.165) is 0 Å². The molecule has 0 aromatic heterocycles. The number of hydrogen-bond acceptors (Lipinski definition) is 7. The van der Waals surface area contributed by atoms with Crippen LogP contribution < -0.4 is 4.74 Å².